The Hall–Kier alpha value is -3.55. The third-order valence-electron chi connectivity index (χ3n) is 3.29. The number of nitrogens with one attached hydrogen (secondary N) is 3. The van der Waals surface area contributed by atoms with E-state index in [4.69, 9.17) is 0 Å². The second kappa shape index (κ2) is 7.35. The molecule has 0 atom stereocenters. The second-order valence-electron chi connectivity index (χ2n) is 5.29. The van der Waals surface area contributed by atoms with E-state index in [1.54, 1.807) is 6.92 Å². The number of nitrogens with zero attached hydrogens (tertiary/aromatic N) is 3. The van der Waals surface area contributed by atoms with Crippen LogP contribution in [0.25, 0.3) is 0 Å². The molecule has 0 radical (unpaired) electrons. The average molecular weight is 336 g/mol. The Morgan fingerprint density at radius 2 is 1.88 bits per heavy atom. The van der Waals surface area contributed by atoms with Gasteiger partial charge in [0.05, 0.1) is 17.8 Å². The normalized spacial score (nSPS) is 10.3. The molecule has 8 heteroatoms. The van der Waals surface area contributed by atoms with Gasteiger partial charge in [-0.15, -0.1) is 0 Å². The van der Waals surface area contributed by atoms with Gasteiger partial charge in [-0.1, -0.05) is 18.2 Å². The summed E-state index contributed by atoms with van der Waals surface area (Å²) in [6.07, 6.45) is 2.87. The summed E-state index contributed by atoms with van der Waals surface area (Å²) in [5.74, 6) is 0.553. The summed E-state index contributed by atoms with van der Waals surface area (Å²) >= 11 is 0. The minimum absolute atomic E-state index is 0.146. The van der Waals surface area contributed by atoms with Crippen molar-refractivity contribution in [3.8, 4) is 0 Å². The number of amides is 1. The highest BCUT2D eigenvalue weighted by molar-refractivity contribution is 5.93. The summed E-state index contributed by atoms with van der Waals surface area (Å²) in [5, 5.41) is 5.72. The van der Waals surface area contributed by atoms with E-state index >= 15 is 0 Å². The maximum atomic E-state index is 12.1. The molecule has 0 saturated heterocycles. The first-order valence-corrected chi connectivity index (χ1v) is 7.59. The summed E-state index contributed by atoms with van der Waals surface area (Å²) < 4.78 is 0. The highest BCUT2D eigenvalue weighted by atomic mass is 16.1. The predicted octanol–water partition coefficient (Wildman–Crippen LogP) is 1.54. The van der Waals surface area contributed by atoms with Crippen molar-refractivity contribution in [1.29, 1.82) is 0 Å². The minimum Gasteiger partial charge on any atom is -0.346 e. The van der Waals surface area contributed by atoms with Gasteiger partial charge >= 0.3 is 0 Å². The van der Waals surface area contributed by atoms with Crippen LogP contribution in [0.3, 0.4) is 0 Å². The second-order valence-corrected chi connectivity index (χ2v) is 5.29. The fourth-order valence-electron chi connectivity index (χ4n) is 2.17. The molecule has 0 unspecified atom stereocenters. The van der Waals surface area contributed by atoms with Crippen LogP contribution in [0, 0.1) is 6.92 Å². The van der Waals surface area contributed by atoms with Crippen LogP contribution in [-0.2, 0) is 6.54 Å². The standard InChI is InChI=1S/C17H16N6O2/c1-11-21-14(7-15(24)22-11)10-18-16(25)12-8-19-17(20-9-12)23-13-5-3-2-4-6-13/h2-9H,10H2,1H3,(H,18,25)(H,19,20,23)(H,21,22,24). The van der Waals surface area contributed by atoms with Crippen molar-refractivity contribution in [2.45, 2.75) is 13.5 Å². The largest absolute Gasteiger partial charge is 0.346 e. The number of hydrogen-bond acceptors (Lipinski definition) is 6. The highest BCUT2D eigenvalue weighted by Crippen LogP contribution is 2.11. The number of aromatic amines is 1. The Bertz CT molecular complexity index is 922. The molecule has 0 aliphatic heterocycles. The topological polar surface area (TPSA) is 113 Å². The average Bonchev–Trinajstić information content (AvgIpc) is 2.60. The van der Waals surface area contributed by atoms with Crippen molar-refractivity contribution in [1.82, 2.24) is 25.3 Å². The van der Waals surface area contributed by atoms with Crippen molar-refractivity contribution in [3.05, 3.63) is 76.2 Å². The number of carbonyl (C=O) groups is 1. The molecule has 0 bridgehead atoms. The molecule has 1 amide bonds. The third kappa shape index (κ3) is 4.47. The first-order valence-electron chi connectivity index (χ1n) is 7.59. The maximum absolute atomic E-state index is 12.1. The molecule has 25 heavy (non-hydrogen) atoms. The molecule has 3 N–H and O–H groups in total. The van der Waals surface area contributed by atoms with E-state index in [-0.39, 0.29) is 18.0 Å². The lowest BCUT2D eigenvalue weighted by molar-refractivity contribution is 0.0949. The fourth-order valence-corrected chi connectivity index (χ4v) is 2.17. The predicted molar refractivity (Wildman–Crippen MR) is 92.5 cm³/mol. The molecule has 2 aromatic heterocycles. The first kappa shape index (κ1) is 16.3. The van der Waals surface area contributed by atoms with Gasteiger partial charge in [-0.05, 0) is 19.1 Å². The van der Waals surface area contributed by atoms with E-state index in [9.17, 15) is 9.59 Å². The van der Waals surface area contributed by atoms with Crippen LogP contribution in [0.5, 0.6) is 0 Å². The Morgan fingerprint density at radius 1 is 1.16 bits per heavy atom. The third-order valence-corrected chi connectivity index (χ3v) is 3.29. The Morgan fingerprint density at radius 3 is 2.56 bits per heavy atom. The number of hydrogen-bond donors (Lipinski definition) is 3. The SMILES string of the molecule is Cc1nc(CNC(=O)c2cnc(Nc3ccccc3)nc2)cc(=O)[nH]1. The zero-order valence-corrected chi connectivity index (χ0v) is 13.5. The van der Waals surface area contributed by atoms with Crippen molar-refractivity contribution < 1.29 is 4.79 Å². The molecule has 8 nitrogen and oxygen atoms in total. The number of aromatic nitrogens is 4. The molecule has 0 aliphatic carbocycles. The number of rotatable bonds is 5. The van der Waals surface area contributed by atoms with Crippen molar-refractivity contribution in [3.63, 3.8) is 0 Å². The van der Waals surface area contributed by atoms with E-state index in [0.29, 0.717) is 23.0 Å². The minimum atomic E-state index is -0.342. The lowest BCUT2D eigenvalue weighted by Gasteiger charge is -2.07. The van der Waals surface area contributed by atoms with Gasteiger partial charge in [0, 0.05) is 24.1 Å². The zero-order chi connectivity index (χ0) is 17.6. The molecule has 2 heterocycles. The van der Waals surface area contributed by atoms with Crippen LogP contribution in [0.1, 0.15) is 21.9 Å². The summed E-state index contributed by atoms with van der Waals surface area (Å²) in [6, 6.07) is 10.8. The monoisotopic (exact) mass is 336 g/mol. The van der Waals surface area contributed by atoms with E-state index in [1.165, 1.54) is 18.5 Å². The number of para-hydroxylation sites is 1. The smallest absolute Gasteiger partial charge is 0.254 e. The lowest BCUT2D eigenvalue weighted by Crippen LogP contribution is -2.25. The van der Waals surface area contributed by atoms with Gasteiger partial charge < -0.3 is 15.6 Å². The van der Waals surface area contributed by atoms with Crippen LogP contribution >= 0.6 is 0 Å². The van der Waals surface area contributed by atoms with Gasteiger partial charge in [0.15, 0.2) is 0 Å². The van der Waals surface area contributed by atoms with Crippen LogP contribution in [0.2, 0.25) is 0 Å². The van der Waals surface area contributed by atoms with Gasteiger partial charge in [0.2, 0.25) is 5.95 Å². The quantitative estimate of drug-likeness (QED) is 0.651. The van der Waals surface area contributed by atoms with Gasteiger partial charge in [0.25, 0.3) is 11.5 Å². The van der Waals surface area contributed by atoms with Crippen LogP contribution < -0.4 is 16.2 Å². The van der Waals surface area contributed by atoms with Crippen molar-refractivity contribution in [2.24, 2.45) is 0 Å². The van der Waals surface area contributed by atoms with Crippen molar-refractivity contribution in [2.75, 3.05) is 5.32 Å². The molecule has 3 rings (SSSR count). The summed E-state index contributed by atoms with van der Waals surface area (Å²) in [4.78, 5) is 38.5. The molecular formula is C17H16N6O2. The van der Waals surface area contributed by atoms with Crippen LogP contribution in [0.4, 0.5) is 11.6 Å². The fraction of sp³-hybridized carbons (Fsp3) is 0.118. The molecule has 1 aromatic carbocycles. The van der Waals surface area contributed by atoms with Gasteiger partial charge in [-0.25, -0.2) is 15.0 Å². The number of anilines is 2. The molecule has 0 aliphatic rings. The van der Waals surface area contributed by atoms with Crippen LogP contribution in [-0.4, -0.2) is 25.8 Å². The summed E-state index contributed by atoms with van der Waals surface area (Å²) in [5.41, 5.74) is 1.41. The molecule has 0 fully saturated rings. The maximum Gasteiger partial charge on any atom is 0.254 e. The number of carbonyl (C=O) groups excluding carboxylic acids is 1. The van der Waals surface area contributed by atoms with Crippen LogP contribution in [0.15, 0.2) is 53.6 Å². The van der Waals surface area contributed by atoms with Gasteiger partial charge in [-0.3, -0.25) is 9.59 Å². The van der Waals surface area contributed by atoms with Gasteiger partial charge in [-0.2, -0.15) is 0 Å². The Labute approximate surface area is 143 Å². The number of aryl methyl sites for hydroxylation is 1. The van der Waals surface area contributed by atoms with E-state index in [2.05, 4.69) is 30.6 Å². The van der Waals surface area contributed by atoms with E-state index < -0.39 is 0 Å². The van der Waals surface area contributed by atoms with Crippen molar-refractivity contribution >= 4 is 17.5 Å². The summed E-state index contributed by atoms with van der Waals surface area (Å²) in [6.45, 7) is 1.83. The Kier molecular flexibility index (Phi) is 4.79. The lowest BCUT2D eigenvalue weighted by atomic mass is 10.3. The highest BCUT2D eigenvalue weighted by Gasteiger charge is 2.08. The molecule has 3 aromatic rings. The molecule has 126 valence electrons. The summed E-state index contributed by atoms with van der Waals surface area (Å²) in [7, 11) is 0. The van der Waals surface area contributed by atoms with E-state index in [1.807, 2.05) is 30.3 Å². The Balaban J connectivity index is 1.61. The van der Waals surface area contributed by atoms with Gasteiger partial charge in [0.1, 0.15) is 5.82 Å². The number of benzene rings is 1. The molecule has 0 spiro atoms. The van der Waals surface area contributed by atoms with E-state index in [0.717, 1.165) is 5.69 Å². The first-order chi connectivity index (χ1) is 12.1. The number of H-pyrrole nitrogens is 1. The zero-order valence-electron chi connectivity index (χ0n) is 13.5. The molecule has 0 saturated carbocycles. The molecular weight excluding hydrogens is 320 g/mol.